The van der Waals surface area contributed by atoms with Crippen LogP contribution in [0.25, 0.3) is 0 Å². The molecule has 0 bridgehead atoms. The Balaban J connectivity index is 1.70. The maximum atomic E-state index is 13.1. The van der Waals surface area contributed by atoms with Crippen LogP contribution in [0.5, 0.6) is 0 Å². The van der Waals surface area contributed by atoms with E-state index in [2.05, 4.69) is 10.3 Å². The Morgan fingerprint density at radius 2 is 1.45 bits per heavy atom. The van der Waals surface area contributed by atoms with Gasteiger partial charge in [-0.3, -0.25) is 19.4 Å². The zero-order valence-electron chi connectivity index (χ0n) is 16.6. The van der Waals surface area contributed by atoms with Gasteiger partial charge in [-0.25, -0.2) is 0 Å². The van der Waals surface area contributed by atoms with Gasteiger partial charge in [-0.15, -0.1) is 0 Å². The quantitative estimate of drug-likeness (QED) is 0.291. The highest BCUT2D eigenvalue weighted by atomic mass is 16.3. The van der Waals surface area contributed by atoms with Gasteiger partial charge in [-0.2, -0.15) is 0 Å². The number of fused-ring (bicyclic) bond motifs is 2. The van der Waals surface area contributed by atoms with Gasteiger partial charge in [0.25, 0.3) is 5.91 Å². The average Bonchev–Trinajstić information content (AvgIpc) is 2.78. The first kappa shape index (κ1) is 20.0. The van der Waals surface area contributed by atoms with Gasteiger partial charge in [-0.05, 0) is 25.1 Å². The number of carbonyl (C=O) groups is 3. The van der Waals surface area contributed by atoms with E-state index in [1.165, 1.54) is 13.1 Å². The molecule has 0 saturated carbocycles. The van der Waals surface area contributed by atoms with Gasteiger partial charge in [0.15, 0.2) is 11.6 Å². The van der Waals surface area contributed by atoms with Gasteiger partial charge in [0.2, 0.25) is 0 Å². The molecule has 1 amide bonds. The molecule has 3 aromatic carbocycles. The Hall–Kier alpha value is -4.32. The number of rotatable bonds is 4. The number of para-hydroxylation sites is 1. The van der Waals surface area contributed by atoms with Crippen molar-refractivity contribution >= 4 is 35.1 Å². The molecule has 0 heterocycles. The van der Waals surface area contributed by atoms with Gasteiger partial charge >= 0.3 is 0 Å². The molecule has 1 aliphatic rings. The van der Waals surface area contributed by atoms with Crippen molar-refractivity contribution in [3.05, 3.63) is 106 Å². The molecule has 0 aromatic heterocycles. The molecule has 0 radical (unpaired) electrons. The molecular weight excluding hydrogens is 392 g/mol. The number of allylic oxidation sites excluding steroid dienone is 1. The first-order valence-corrected chi connectivity index (χ1v) is 9.59. The lowest BCUT2D eigenvalue weighted by Crippen LogP contribution is -2.21. The van der Waals surface area contributed by atoms with E-state index < -0.39 is 5.91 Å². The van der Waals surface area contributed by atoms with Crippen molar-refractivity contribution in [3.8, 4) is 0 Å². The molecule has 1 aliphatic carbocycles. The summed E-state index contributed by atoms with van der Waals surface area (Å²) >= 11 is 0. The molecule has 0 fully saturated rings. The molecule has 6 nitrogen and oxygen atoms in total. The summed E-state index contributed by atoms with van der Waals surface area (Å²) in [6, 6.07) is 20.2. The fourth-order valence-electron chi connectivity index (χ4n) is 3.40. The minimum atomic E-state index is -0.549. The highest BCUT2D eigenvalue weighted by Crippen LogP contribution is 2.33. The summed E-state index contributed by atoms with van der Waals surface area (Å²) in [4.78, 5) is 42.8. The fraction of sp³-hybridized carbons (Fsp3) is 0.0400. The van der Waals surface area contributed by atoms with Gasteiger partial charge in [0.1, 0.15) is 5.76 Å². The number of amides is 1. The van der Waals surface area contributed by atoms with Crippen molar-refractivity contribution in [2.75, 3.05) is 5.32 Å². The molecule has 0 unspecified atom stereocenters. The second-order valence-corrected chi connectivity index (χ2v) is 6.98. The SMILES string of the molecule is C/C(O)=C(/C=Nc1cccc2c1C(=O)c1ccccc1C2=O)C(=O)Nc1ccccc1. The molecule has 0 aliphatic heterocycles. The second kappa shape index (κ2) is 8.20. The molecule has 6 heteroatoms. The van der Waals surface area contributed by atoms with Crippen LogP contribution in [0.1, 0.15) is 38.8 Å². The molecular formula is C25H18N2O4. The number of hydrogen-bond donors (Lipinski definition) is 2. The van der Waals surface area contributed by atoms with Crippen LogP contribution < -0.4 is 5.32 Å². The van der Waals surface area contributed by atoms with E-state index in [1.54, 1.807) is 66.7 Å². The van der Waals surface area contributed by atoms with Crippen molar-refractivity contribution in [2.24, 2.45) is 4.99 Å². The molecule has 31 heavy (non-hydrogen) atoms. The highest BCUT2D eigenvalue weighted by Gasteiger charge is 2.31. The summed E-state index contributed by atoms with van der Waals surface area (Å²) in [6.45, 7) is 1.37. The lowest BCUT2D eigenvalue weighted by molar-refractivity contribution is -0.112. The third-order valence-electron chi connectivity index (χ3n) is 4.93. The number of carbonyl (C=O) groups excluding carboxylic acids is 3. The predicted octanol–water partition coefficient (Wildman–Crippen LogP) is 4.64. The Morgan fingerprint density at radius 3 is 2.13 bits per heavy atom. The maximum absolute atomic E-state index is 13.1. The summed E-state index contributed by atoms with van der Waals surface area (Å²) in [5.41, 5.74) is 1.87. The summed E-state index contributed by atoms with van der Waals surface area (Å²) in [5.74, 6) is -1.33. The zero-order chi connectivity index (χ0) is 22.0. The van der Waals surface area contributed by atoms with Crippen LogP contribution in [0.15, 0.2) is 89.1 Å². The molecule has 0 saturated heterocycles. The van der Waals surface area contributed by atoms with Crippen molar-refractivity contribution in [1.82, 2.24) is 0 Å². The normalized spacial score (nSPS) is 13.5. The molecule has 0 atom stereocenters. The lowest BCUT2D eigenvalue weighted by Gasteiger charge is -2.18. The first-order chi connectivity index (χ1) is 15.0. The molecule has 0 spiro atoms. The largest absolute Gasteiger partial charge is 0.512 e. The van der Waals surface area contributed by atoms with E-state index in [0.717, 1.165) is 0 Å². The molecule has 2 N–H and O–H groups in total. The number of aliphatic hydroxyl groups is 1. The van der Waals surface area contributed by atoms with Crippen molar-refractivity contribution in [1.29, 1.82) is 0 Å². The standard InChI is InChI=1S/C25H18N2O4/c1-15(28)20(25(31)27-16-8-3-2-4-9-16)14-26-21-13-7-12-19-22(21)24(30)18-11-6-5-10-17(18)23(19)29/h2-14,28H,1H3,(H,27,31)/b20-15+,26-14?. The lowest BCUT2D eigenvalue weighted by atomic mass is 9.83. The van der Waals surface area contributed by atoms with Gasteiger partial charge in [0, 0.05) is 28.6 Å². The number of nitrogens with zero attached hydrogens (tertiary/aromatic N) is 1. The van der Waals surface area contributed by atoms with E-state index in [-0.39, 0.29) is 39.7 Å². The van der Waals surface area contributed by atoms with Crippen LogP contribution >= 0.6 is 0 Å². The summed E-state index contributed by atoms with van der Waals surface area (Å²) in [6.07, 6.45) is 1.20. The predicted molar refractivity (Wildman–Crippen MR) is 118 cm³/mol. The van der Waals surface area contributed by atoms with Crippen LogP contribution in [0.4, 0.5) is 11.4 Å². The van der Waals surface area contributed by atoms with E-state index in [1.807, 2.05) is 6.07 Å². The summed E-state index contributed by atoms with van der Waals surface area (Å²) < 4.78 is 0. The maximum Gasteiger partial charge on any atom is 0.260 e. The van der Waals surface area contributed by atoms with E-state index >= 15 is 0 Å². The van der Waals surface area contributed by atoms with Crippen molar-refractivity contribution in [2.45, 2.75) is 6.92 Å². The minimum absolute atomic E-state index is 0.0589. The Morgan fingerprint density at radius 1 is 0.839 bits per heavy atom. The highest BCUT2D eigenvalue weighted by molar-refractivity contribution is 6.30. The topological polar surface area (TPSA) is 95.8 Å². The Kier molecular flexibility index (Phi) is 5.28. The van der Waals surface area contributed by atoms with Crippen LogP contribution in [-0.2, 0) is 4.79 Å². The zero-order valence-corrected chi connectivity index (χ0v) is 16.6. The third kappa shape index (κ3) is 3.79. The number of ketones is 2. The van der Waals surface area contributed by atoms with Crippen LogP contribution in [0.2, 0.25) is 0 Å². The van der Waals surface area contributed by atoms with Crippen molar-refractivity contribution in [3.63, 3.8) is 0 Å². The Bertz CT molecular complexity index is 1270. The Labute approximate surface area is 178 Å². The van der Waals surface area contributed by atoms with Crippen molar-refractivity contribution < 1.29 is 19.5 Å². The monoisotopic (exact) mass is 410 g/mol. The summed E-state index contributed by atoms with van der Waals surface area (Å²) in [5, 5.41) is 12.7. The number of anilines is 1. The first-order valence-electron chi connectivity index (χ1n) is 9.59. The number of aliphatic imine (C=N–C) groups is 1. The molecule has 4 rings (SSSR count). The third-order valence-corrected chi connectivity index (χ3v) is 4.93. The van der Waals surface area contributed by atoms with Crippen LogP contribution in [-0.4, -0.2) is 28.8 Å². The van der Waals surface area contributed by atoms with Gasteiger partial charge in [-0.1, -0.05) is 54.6 Å². The fourth-order valence-corrected chi connectivity index (χ4v) is 3.40. The van der Waals surface area contributed by atoms with E-state index in [0.29, 0.717) is 16.8 Å². The van der Waals surface area contributed by atoms with Gasteiger partial charge < -0.3 is 10.4 Å². The minimum Gasteiger partial charge on any atom is -0.512 e. The van der Waals surface area contributed by atoms with E-state index in [9.17, 15) is 19.5 Å². The van der Waals surface area contributed by atoms with Crippen LogP contribution in [0, 0.1) is 0 Å². The number of benzene rings is 3. The van der Waals surface area contributed by atoms with Gasteiger partial charge in [0.05, 0.1) is 16.8 Å². The number of nitrogens with one attached hydrogen (secondary N) is 1. The van der Waals surface area contributed by atoms with E-state index in [4.69, 9.17) is 0 Å². The number of aliphatic hydroxyl groups excluding tert-OH is 1. The average molecular weight is 410 g/mol. The molecule has 152 valence electrons. The second-order valence-electron chi connectivity index (χ2n) is 6.98. The van der Waals surface area contributed by atoms with Crippen LogP contribution in [0.3, 0.4) is 0 Å². The molecule has 3 aromatic rings. The number of hydrogen-bond acceptors (Lipinski definition) is 5. The summed E-state index contributed by atoms with van der Waals surface area (Å²) in [7, 11) is 0. The smallest absolute Gasteiger partial charge is 0.260 e.